The molecule has 0 bridgehead atoms. The number of rotatable bonds is 4. The number of benzene rings is 3. The summed E-state index contributed by atoms with van der Waals surface area (Å²) in [7, 11) is 3.39. The van der Waals surface area contributed by atoms with Gasteiger partial charge in [0.25, 0.3) is 0 Å². The second-order valence-corrected chi connectivity index (χ2v) is 6.23. The normalized spacial score (nSPS) is 11.0. The van der Waals surface area contributed by atoms with Gasteiger partial charge in [0.05, 0.1) is 30.0 Å². The van der Waals surface area contributed by atoms with Crippen LogP contribution < -0.4 is 5.32 Å². The molecule has 26 heavy (non-hydrogen) atoms. The molecule has 0 aliphatic carbocycles. The Balaban J connectivity index is 1.65. The Bertz CT molecular complexity index is 1110. The number of carbonyl (C=O) groups excluding carboxylic acids is 1. The third kappa shape index (κ3) is 2.77. The van der Waals surface area contributed by atoms with Crippen LogP contribution in [0.15, 0.2) is 60.9 Å². The lowest BCUT2D eigenvalue weighted by molar-refractivity contribution is 0.0603. The zero-order chi connectivity index (χ0) is 18.1. The van der Waals surface area contributed by atoms with Crippen LogP contribution in [-0.4, -0.2) is 22.6 Å². The zero-order valence-corrected chi connectivity index (χ0v) is 14.7. The van der Waals surface area contributed by atoms with Gasteiger partial charge in [-0.1, -0.05) is 30.3 Å². The van der Waals surface area contributed by atoms with Gasteiger partial charge in [-0.15, -0.1) is 0 Å². The molecule has 0 aliphatic heterocycles. The summed E-state index contributed by atoms with van der Waals surface area (Å²) in [5.74, 6) is -0.326. The molecule has 0 saturated carbocycles. The molecule has 5 nitrogen and oxygen atoms in total. The molecule has 0 atom stereocenters. The van der Waals surface area contributed by atoms with Crippen LogP contribution in [0.2, 0.25) is 0 Å². The quantitative estimate of drug-likeness (QED) is 0.565. The summed E-state index contributed by atoms with van der Waals surface area (Å²) < 4.78 is 6.89. The fourth-order valence-corrected chi connectivity index (χ4v) is 3.23. The van der Waals surface area contributed by atoms with Crippen molar-refractivity contribution in [3.8, 4) is 0 Å². The van der Waals surface area contributed by atoms with E-state index in [2.05, 4.69) is 28.5 Å². The van der Waals surface area contributed by atoms with Gasteiger partial charge in [-0.3, -0.25) is 0 Å². The molecule has 1 heterocycles. The predicted molar refractivity (Wildman–Crippen MR) is 103 cm³/mol. The van der Waals surface area contributed by atoms with Gasteiger partial charge >= 0.3 is 5.97 Å². The first-order chi connectivity index (χ1) is 12.7. The van der Waals surface area contributed by atoms with Crippen molar-refractivity contribution in [3.05, 3.63) is 72.1 Å². The molecule has 0 saturated heterocycles. The van der Waals surface area contributed by atoms with Crippen LogP contribution in [0.4, 0.5) is 5.69 Å². The highest BCUT2D eigenvalue weighted by Gasteiger charge is 2.12. The monoisotopic (exact) mass is 345 g/mol. The summed E-state index contributed by atoms with van der Waals surface area (Å²) in [6.07, 6.45) is 1.82. The first kappa shape index (κ1) is 16.1. The van der Waals surface area contributed by atoms with E-state index in [1.165, 1.54) is 7.11 Å². The molecule has 1 aromatic heterocycles. The van der Waals surface area contributed by atoms with Crippen molar-refractivity contribution < 1.29 is 9.53 Å². The Hall–Kier alpha value is -3.34. The summed E-state index contributed by atoms with van der Waals surface area (Å²) in [4.78, 5) is 16.4. The van der Waals surface area contributed by atoms with Crippen molar-refractivity contribution in [1.82, 2.24) is 9.55 Å². The van der Waals surface area contributed by atoms with Gasteiger partial charge in [0, 0.05) is 24.7 Å². The van der Waals surface area contributed by atoms with Gasteiger partial charge in [0.15, 0.2) is 0 Å². The lowest BCUT2D eigenvalue weighted by Gasteiger charge is -2.12. The molecule has 4 aromatic rings. The van der Waals surface area contributed by atoms with Crippen LogP contribution in [-0.2, 0) is 18.3 Å². The fraction of sp³-hybridized carbons (Fsp3) is 0.143. The van der Waals surface area contributed by atoms with E-state index in [0.717, 1.165) is 33.1 Å². The Morgan fingerprint density at radius 2 is 1.92 bits per heavy atom. The first-order valence-corrected chi connectivity index (χ1v) is 8.41. The van der Waals surface area contributed by atoms with Crippen LogP contribution >= 0.6 is 0 Å². The van der Waals surface area contributed by atoms with Gasteiger partial charge in [0.1, 0.15) is 0 Å². The maximum Gasteiger partial charge on any atom is 0.338 e. The van der Waals surface area contributed by atoms with Crippen molar-refractivity contribution in [2.24, 2.45) is 7.05 Å². The highest BCUT2D eigenvalue weighted by atomic mass is 16.5. The SMILES string of the molecule is COC(=O)c1ccc(NCc2ccc3c(c2)ncn3C)c2ccccc12. The smallest absolute Gasteiger partial charge is 0.338 e. The summed E-state index contributed by atoms with van der Waals surface area (Å²) in [6, 6.07) is 17.8. The number of aromatic nitrogens is 2. The Morgan fingerprint density at radius 3 is 2.73 bits per heavy atom. The Labute approximate surface area is 151 Å². The standard InChI is InChI=1S/C21H19N3O2/c1-24-13-23-19-11-14(7-10-20(19)24)12-22-18-9-8-17(21(25)26-2)15-5-3-4-6-16(15)18/h3-11,13,22H,12H2,1-2H3. The number of nitrogens with zero attached hydrogens (tertiary/aromatic N) is 2. The molecule has 0 unspecified atom stereocenters. The molecule has 3 aromatic carbocycles. The molecule has 1 N–H and O–H groups in total. The molecule has 0 spiro atoms. The van der Waals surface area contributed by atoms with E-state index in [4.69, 9.17) is 4.74 Å². The van der Waals surface area contributed by atoms with Crippen molar-refractivity contribution in [2.75, 3.05) is 12.4 Å². The molecule has 5 heteroatoms. The largest absolute Gasteiger partial charge is 0.465 e. The molecule has 0 fully saturated rings. The van der Waals surface area contributed by atoms with Gasteiger partial charge < -0.3 is 14.6 Å². The zero-order valence-electron chi connectivity index (χ0n) is 14.7. The maximum atomic E-state index is 12.0. The number of esters is 1. The third-order valence-corrected chi connectivity index (χ3v) is 4.60. The van der Waals surface area contributed by atoms with E-state index >= 15 is 0 Å². The minimum absolute atomic E-state index is 0.326. The van der Waals surface area contributed by atoms with E-state index in [9.17, 15) is 4.79 Å². The Kier molecular flexibility index (Phi) is 4.05. The minimum Gasteiger partial charge on any atom is -0.465 e. The topological polar surface area (TPSA) is 56.1 Å². The number of nitrogens with one attached hydrogen (secondary N) is 1. The molecule has 130 valence electrons. The van der Waals surface area contributed by atoms with Crippen molar-refractivity contribution in [1.29, 1.82) is 0 Å². The number of carbonyl (C=O) groups is 1. The number of ether oxygens (including phenoxy) is 1. The van der Waals surface area contributed by atoms with E-state index in [0.29, 0.717) is 12.1 Å². The Morgan fingerprint density at radius 1 is 1.12 bits per heavy atom. The fourth-order valence-electron chi connectivity index (χ4n) is 3.23. The van der Waals surface area contributed by atoms with Gasteiger partial charge in [-0.05, 0) is 35.2 Å². The average molecular weight is 345 g/mol. The van der Waals surface area contributed by atoms with Crippen molar-refractivity contribution in [2.45, 2.75) is 6.54 Å². The highest BCUT2D eigenvalue weighted by Crippen LogP contribution is 2.28. The number of hydrogen-bond acceptors (Lipinski definition) is 4. The van der Waals surface area contributed by atoms with Crippen molar-refractivity contribution >= 4 is 33.5 Å². The second-order valence-electron chi connectivity index (χ2n) is 6.23. The summed E-state index contributed by atoms with van der Waals surface area (Å²) in [6.45, 7) is 0.675. The lowest BCUT2D eigenvalue weighted by Crippen LogP contribution is -2.04. The average Bonchev–Trinajstić information content (AvgIpc) is 3.05. The van der Waals surface area contributed by atoms with E-state index < -0.39 is 0 Å². The number of anilines is 1. The lowest BCUT2D eigenvalue weighted by atomic mass is 10.0. The summed E-state index contributed by atoms with van der Waals surface area (Å²) in [5, 5.41) is 5.35. The molecule has 0 radical (unpaired) electrons. The van der Waals surface area contributed by atoms with Crippen molar-refractivity contribution in [3.63, 3.8) is 0 Å². The molecule has 0 aliphatic rings. The number of hydrogen-bond donors (Lipinski definition) is 1. The number of imidazole rings is 1. The van der Waals surface area contributed by atoms with Crippen LogP contribution in [0.3, 0.4) is 0 Å². The van der Waals surface area contributed by atoms with Crippen LogP contribution in [0.5, 0.6) is 0 Å². The number of aryl methyl sites for hydroxylation is 1. The minimum atomic E-state index is -0.326. The molecule has 4 rings (SSSR count). The number of methoxy groups -OCH3 is 1. The second kappa shape index (κ2) is 6.52. The van der Waals surface area contributed by atoms with E-state index in [1.54, 1.807) is 6.07 Å². The van der Waals surface area contributed by atoms with Crippen LogP contribution in [0.1, 0.15) is 15.9 Å². The molecular weight excluding hydrogens is 326 g/mol. The van der Waals surface area contributed by atoms with Gasteiger partial charge in [0.2, 0.25) is 0 Å². The highest BCUT2D eigenvalue weighted by molar-refractivity contribution is 6.08. The summed E-state index contributed by atoms with van der Waals surface area (Å²) >= 11 is 0. The van der Waals surface area contributed by atoms with E-state index in [-0.39, 0.29) is 5.97 Å². The third-order valence-electron chi connectivity index (χ3n) is 4.60. The van der Waals surface area contributed by atoms with Gasteiger partial charge in [-0.25, -0.2) is 9.78 Å². The summed E-state index contributed by atoms with van der Waals surface area (Å²) in [5.41, 5.74) is 4.80. The maximum absolute atomic E-state index is 12.0. The predicted octanol–water partition coefficient (Wildman–Crippen LogP) is 4.13. The van der Waals surface area contributed by atoms with Crippen LogP contribution in [0, 0.1) is 0 Å². The molecular formula is C21H19N3O2. The molecule has 0 amide bonds. The van der Waals surface area contributed by atoms with Crippen LogP contribution in [0.25, 0.3) is 21.8 Å². The van der Waals surface area contributed by atoms with E-state index in [1.807, 2.05) is 48.3 Å². The first-order valence-electron chi connectivity index (χ1n) is 8.41. The van der Waals surface area contributed by atoms with Gasteiger partial charge in [-0.2, -0.15) is 0 Å². The number of fused-ring (bicyclic) bond motifs is 2.